The zero-order chi connectivity index (χ0) is 12.3. The van der Waals surface area contributed by atoms with Crippen LogP contribution >= 0.6 is 11.3 Å². The molecule has 0 bridgehead atoms. The molecule has 0 spiro atoms. The molecule has 1 aromatic heterocycles. The Labute approximate surface area is 106 Å². The zero-order valence-corrected chi connectivity index (χ0v) is 11.6. The molecule has 4 nitrogen and oxygen atoms in total. The van der Waals surface area contributed by atoms with E-state index in [1.807, 2.05) is 7.05 Å². The molecule has 1 saturated heterocycles. The molecule has 0 aliphatic carbocycles. The summed E-state index contributed by atoms with van der Waals surface area (Å²) < 4.78 is 22.8. The van der Waals surface area contributed by atoms with Crippen LogP contribution in [0.1, 0.15) is 29.5 Å². The Bertz CT molecular complexity index is 468. The van der Waals surface area contributed by atoms with E-state index in [0.717, 1.165) is 36.5 Å². The maximum Gasteiger partial charge on any atom is 0.151 e. The van der Waals surface area contributed by atoms with Crippen LogP contribution in [-0.4, -0.2) is 38.5 Å². The second-order valence-corrected chi connectivity index (χ2v) is 7.60. The van der Waals surface area contributed by atoms with Gasteiger partial charge >= 0.3 is 0 Å². The predicted molar refractivity (Wildman–Crippen MR) is 70.4 cm³/mol. The number of thiazole rings is 1. The van der Waals surface area contributed by atoms with E-state index in [4.69, 9.17) is 0 Å². The second-order valence-electron chi connectivity index (χ2n) is 4.48. The quantitative estimate of drug-likeness (QED) is 0.820. The van der Waals surface area contributed by atoms with Crippen LogP contribution in [0.2, 0.25) is 0 Å². The molecule has 2 heterocycles. The molecule has 1 aromatic rings. The van der Waals surface area contributed by atoms with Gasteiger partial charge in [0.2, 0.25) is 0 Å². The lowest BCUT2D eigenvalue weighted by Crippen LogP contribution is -2.08. The Kier molecular flexibility index (Phi) is 4.17. The highest BCUT2D eigenvalue weighted by atomic mass is 32.2. The average Bonchev–Trinajstić information content (AvgIpc) is 2.85. The molecule has 1 unspecified atom stereocenters. The Morgan fingerprint density at radius 3 is 3.06 bits per heavy atom. The van der Waals surface area contributed by atoms with Crippen molar-refractivity contribution >= 4 is 21.2 Å². The standard InChI is InChI=1S/C11H18N2O2S2/c1-12-5-2-3-10-7-16-11(13-10)9-4-6-17(14,15)8-9/h7,9,12H,2-6,8H2,1H3. The van der Waals surface area contributed by atoms with E-state index in [0.29, 0.717) is 5.75 Å². The summed E-state index contributed by atoms with van der Waals surface area (Å²) in [5, 5.41) is 6.18. The van der Waals surface area contributed by atoms with Crippen LogP contribution in [0, 0.1) is 0 Å². The van der Waals surface area contributed by atoms with Crippen molar-refractivity contribution in [2.45, 2.75) is 25.2 Å². The number of rotatable bonds is 5. The topological polar surface area (TPSA) is 59.1 Å². The summed E-state index contributed by atoms with van der Waals surface area (Å²) in [6.45, 7) is 0.991. The third-order valence-corrected chi connectivity index (χ3v) is 5.83. The van der Waals surface area contributed by atoms with E-state index in [-0.39, 0.29) is 11.7 Å². The molecule has 0 amide bonds. The molecular formula is C11H18N2O2S2. The molecule has 6 heteroatoms. The van der Waals surface area contributed by atoms with Gasteiger partial charge < -0.3 is 5.32 Å². The molecule has 1 fully saturated rings. The van der Waals surface area contributed by atoms with E-state index >= 15 is 0 Å². The highest BCUT2D eigenvalue weighted by Gasteiger charge is 2.30. The van der Waals surface area contributed by atoms with Crippen molar-refractivity contribution in [3.63, 3.8) is 0 Å². The van der Waals surface area contributed by atoms with Crippen molar-refractivity contribution in [2.24, 2.45) is 0 Å². The molecular weight excluding hydrogens is 256 g/mol. The van der Waals surface area contributed by atoms with Gasteiger partial charge in [0.15, 0.2) is 9.84 Å². The third kappa shape index (κ3) is 3.50. The van der Waals surface area contributed by atoms with Gasteiger partial charge in [-0.3, -0.25) is 0 Å². The van der Waals surface area contributed by atoms with Gasteiger partial charge in [-0.25, -0.2) is 13.4 Å². The molecule has 1 N–H and O–H groups in total. The minimum absolute atomic E-state index is 0.142. The zero-order valence-electron chi connectivity index (χ0n) is 9.98. The smallest absolute Gasteiger partial charge is 0.151 e. The SMILES string of the molecule is CNCCCc1csc(C2CCS(=O)(=O)C2)n1. The van der Waals surface area contributed by atoms with Gasteiger partial charge in [-0.15, -0.1) is 11.3 Å². The molecule has 1 atom stereocenters. The van der Waals surface area contributed by atoms with Gasteiger partial charge in [0, 0.05) is 11.3 Å². The van der Waals surface area contributed by atoms with E-state index in [1.165, 1.54) is 0 Å². The number of aromatic nitrogens is 1. The highest BCUT2D eigenvalue weighted by molar-refractivity contribution is 7.91. The summed E-state index contributed by atoms with van der Waals surface area (Å²) in [6, 6.07) is 0. The fourth-order valence-electron chi connectivity index (χ4n) is 2.06. The van der Waals surface area contributed by atoms with Crippen molar-refractivity contribution in [2.75, 3.05) is 25.1 Å². The third-order valence-electron chi connectivity index (χ3n) is 3.01. The minimum atomic E-state index is -2.80. The first-order chi connectivity index (χ1) is 8.11. The van der Waals surface area contributed by atoms with Crippen molar-refractivity contribution in [1.29, 1.82) is 0 Å². The fraction of sp³-hybridized carbons (Fsp3) is 0.727. The van der Waals surface area contributed by atoms with Crippen LogP contribution < -0.4 is 5.32 Å². The first-order valence-electron chi connectivity index (χ1n) is 5.90. The normalized spacial score (nSPS) is 23.0. The molecule has 0 saturated carbocycles. The van der Waals surface area contributed by atoms with Crippen molar-refractivity contribution in [3.05, 3.63) is 16.1 Å². The van der Waals surface area contributed by atoms with Gasteiger partial charge in [-0.2, -0.15) is 0 Å². The van der Waals surface area contributed by atoms with Gasteiger partial charge in [-0.05, 0) is 32.9 Å². The molecule has 0 radical (unpaired) electrons. The number of sulfone groups is 1. The maximum atomic E-state index is 11.4. The summed E-state index contributed by atoms with van der Waals surface area (Å²) >= 11 is 1.61. The van der Waals surface area contributed by atoms with E-state index in [2.05, 4.69) is 15.7 Å². The number of aryl methyl sites for hydroxylation is 1. The lowest BCUT2D eigenvalue weighted by atomic mass is 10.1. The fourth-order valence-corrected chi connectivity index (χ4v) is 4.91. The molecule has 0 aromatic carbocycles. The number of hydrogen-bond acceptors (Lipinski definition) is 5. The summed E-state index contributed by atoms with van der Waals surface area (Å²) in [4.78, 5) is 4.56. The molecule has 2 rings (SSSR count). The summed E-state index contributed by atoms with van der Waals surface area (Å²) in [5.74, 6) is 0.756. The minimum Gasteiger partial charge on any atom is -0.320 e. The van der Waals surface area contributed by atoms with Crippen LogP contribution in [0.15, 0.2) is 5.38 Å². The predicted octanol–water partition coefficient (Wildman–Crippen LogP) is 1.20. The van der Waals surface area contributed by atoms with Gasteiger partial charge in [0.05, 0.1) is 22.2 Å². The number of nitrogens with one attached hydrogen (secondary N) is 1. The first kappa shape index (κ1) is 13.0. The van der Waals surface area contributed by atoms with Crippen molar-refractivity contribution in [1.82, 2.24) is 10.3 Å². The van der Waals surface area contributed by atoms with E-state index in [9.17, 15) is 8.42 Å². The highest BCUT2D eigenvalue weighted by Crippen LogP contribution is 2.31. The molecule has 96 valence electrons. The average molecular weight is 274 g/mol. The monoisotopic (exact) mass is 274 g/mol. The van der Waals surface area contributed by atoms with Crippen molar-refractivity contribution in [3.8, 4) is 0 Å². The van der Waals surface area contributed by atoms with Gasteiger partial charge in [0.1, 0.15) is 0 Å². The molecule has 1 aliphatic rings. The van der Waals surface area contributed by atoms with Gasteiger partial charge in [0.25, 0.3) is 0 Å². The Morgan fingerprint density at radius 1 is 1.59 bits per heavy atom. The Balaban J connectivity index is 1.94. The van der Waals surface area contributed by atoms with Crippen LogP contribution in [0.3, 0.4) is 0 Å². The van der Waals surface area contributed by atoms with Crippen molar-refractivity contribution < 1.29 is 8.42 Å². The summed E-state index contributed by atoms with van der Waals surface area (Å²) in [7, 11) is -0.858. The lowest BCUT2D eigenvalue weighted by molar-refractivity contribution is 0.601. The van der Waals surface area contributed by atoms with Crippen LogP contribution in [-0.2, 0) is 16.3 Å². The number of nitrogens with zero attached hydrogens (tertiary/aromatic N) is 1. The molecule has 1 aliphatic heterocycles. The Morgan fingerprint density at radius 2 is 2.41 bits per heavy atom. The summed E-state index contributed by atoms with van der Waals surface area (Å²) in [5.41, 5.74) is 1.10. The van der Waals surface area contributed by atoms with E-state index in [1.54, 1.807) is 11.3 Å². The van der Waals surface area contributed by atoms with Crippen LogP contribution in [0.4, 0.5) is 0 Å². The van der Waals surface area contributed by atoms with Crippen LogP contribution in [0.25, 0.3) is 0 Å². The second kappa shape index (κ2) is 5.46. The molecule has 17 heavy (non-hydrogen) atoms. The van der Waals surface area contributed by atoms with E-state index < -0.39 is 9.84 Å². The first-order valence-corrected chi connectivity index (χ1v) is 8.60. The lowest BCUT2D eigenvalue weighted by Gasteiger charge is -2.01. The largest absolute Gasteiger partial charge is 0.320 e. The summed E-state index contributed by atoms with van der Waals surface area (Å²) in [6.07, 6.45) is 2.78. The maximum absolute atomic E-state index is 11.4. The Hall–Kier alpha value is -0.460. The van der Waals surface area contributed by atoms with Gasteiger partial charge in [-0.1, -0.05) is 0 Å². The van der Waals surface area contributed by atoms with Crippen LogP contribution in [0.5, 0.6) is 0 Å². The number of hydrogen-bond donors (Lipinski definition) is 1.